The normalized spacial score (nSPS) is 25.0. The first kappa shape index (κ1) is 17.3. The Bertz CT molecular complexity index is 422. The summed E-state index contributed by atoms with van der Waals surface area (Å²) in [5.41, 5.74) is 0. The van der Waals surface area contributed by atoms with Gasteiger partial charge in [0.2, 0.25) is 0 Å². The monoisotopic (exact) mass is 304 g/mol. The Morgan fingerprint density at radius 2 is 2.05 bits per heavy atom. The van der Waals surface area contributed by atoms with Gasteiger partial charge in [-0.25, -0.2) is 13.2 Å². The fourth-order valence-corrected chi connectivity index (χ4v) is 3.92. The molecule has 0 aromatic heterocycles. The standard InChI is InChI=1S/C14H28N2O3S/c1-5-12-7-6-8-13(9-12)15-14(17)16(3)11(2)10-20(4,18)19/h11-13H,5-10H2,1-4H3,(H,15,17). The van der Waals surface area contributed by atoms with Crippen molar-refractivity contribution in [2.75, 3.05) is 19.1 Å². The molecule has 1 aliphatic rings. The summed E-state index contributed by atoms with van der Waals surface area (Å²) < 4.78 is 22.6. The van der Waals surface area contributed by atoms with Gasteiger partial charge in [-0.05, 0) is 25.7 Å². The van der Waals surface area contributed by atoms with E-state index in [1.54, 1.807) is 14.0 Å². The molecule has 1 fully saturated rings. The highest BCUT2D eigenvalue weighted by Gasteiger charge is 2.25. The molecule has 1 saturated carbocycles. The van der Waals surface area contributed by atoms with Gasteiger partial charge in [-0.3, -0.25) is 0 Å². The number of nitrogens with one attached hydrogen (secondary N) is 1. The first-order valence-electron chi connectivity index (χ1n) is 7.44. The van der Waals surface area contributed by atoms with Crippen LogP contribution < -0.4 is 5.32 Å². The predicted octanol–water partition coefficient (Wildman–Crippen LogP) is 2.03. The third-order valence-electron chi connectivity index (χ3n) is 4.21. The van der Waals surface area contributed by atoms with Gasteiger partial charge in [0.05, 0.1) is 5.75 Å². The van der Waals surface area contributed by atoms with Gasteiger partial charge in [-0.2, -0.15) is 0 Å². The number of carbonyl (C=O) groups excluding carboxylic acids is 1. The van der Waals surface area contributed by atoms with Gasteiger partial charge in [0.15, 0.2) is 0 Å². The topological polar surface area (TPSA) is 66.5 Å². The fraction of sp³-hybridized carbons (Fsp3) is 0.929. The molecule has 0 bridgehead atoms. The highest BCUT2D eigenvalue weighted by Crippen LogP contribution is 2.26. The van der Waals surface area contributed by atoms with E-state index in [4.69, 9.17) is 0 Å². The van der Waals surface area contributed by atoms with Crippen molar-refractivity contribution in [3.8, 4) is 0 Å². The van der Waals surface area contributed by atoms with Crippen LogP contribution in [0.4, 0.5) is 4.79 Å². The molecule has 5 nitrogen and oxygen atoms in total. The van der Waals surface area contributed by atoms with Crippen LogP contribution in [0.2, 0.25) is 0 Å². The largest absolute Gasteiger partial charge is 0.335 e. The van der Waals surface area contributed by atoms with Gasteiger partial charge in [0, 0.05) is 25.4 Å². The van der Waals surface area contributed by atoms with E-state index in [0.29, 0.717) is 5.92 Å². The zero-order valence-electron chi connectivity index (χ0n) is 13.1. The van der Waals surface area contributed by atoms with Crippen LogP contribution in [0.25, 0.3) is 0 Å². The number of amides is 2. The zero-order valence-corrected chi connectivity index (χ0v) is 13.9. The highest BCUT2D eigenvalue weighted by molar-refractivity contribution is 7.90. The molecule has 3 atom stereocenters. The lowest BCUT2D eigenvalue weighted by atomic mass is 9.84. The average Bonchev–Trinajstić information content (AvgIpc) is 2.36. The number of hydrogen-bond donors (Lipinski definition) is 1. The minimum atomic E-state index is -3.07. The molecule has 1 rings (SSSR count). The maximum absolute atomic E-state index is 12.2. The summed E-state index contributed by atoms with van der Waals surface area (Å²) in [6, 6.07) is -0.243. The van der Waals surface area contributed by atoms with Crippen molar-refractivity contribution in [2.45, 2.75) is 58.0 Å². The number of hydrogen-bond acceptors (Lipinski definition) is 3. The van der Waals surface area contributed by atoms with Crippen LogP contribution in [0.1, 0.15) is 46.0 Å². The summed E-state index contributed by atoms with van der Waals surface area (Å²) in [6.07, 6.45) is 6.83. The maximum Gasteiger partial charge on any atom is 0.317 e. The molecule has 0 aromatic rings. The Balaban J connectivity index is 2.48. The van der Waals surface area contributed by atoms with Gasteiger partial charge >= 0.3 is 6.03 Å². The van der Waals surface area contributed by atoms with Gasteiger partial charge in [0.1, 0.15) is 9.84 Å². The lowest BCUT2D eigenvalue weighted by Crippen LogP contribution is -2.49. The van der Waals surface area contributed by atoms with Crippen LogP contribution >= 0.6 is 0 Å². The summed E-state index contributed by atoms with van der Waals surface area (Å²) >= 11 is 0. The second kappa shape index (κ2) is 7.29. The molecule has 3 unspecified atom stereocenters. The maximum atomic E-state index is 12.2. The SMILES string of the molecule is CCC1CCCC(NC(=O)N(C)C(C)CS(C)(=O)=O)C1. The Hall–Kier alpha value is -0.780. The number of nitrogens with zero attached hydrogens (tertiary/aromatic N) is 1. The lowest BCUT2D eigenvalue weighted by molar-refractivity contribution is 0.185. The second-order valence-electron chi connectivity index (χ2n) is 6.14. The Kier molecular flexibility index (Phi) is 6.30. The first-order valence-corrected chi connectivity index (χ1v) is 9.50. The third-order valence-corrected chi connectivity index (χ3v) is 5.30. The van der Waals surface area contributed by atoms with E-state index in [0.717, 1.165) is 25.7 Å². The van der Waals surface area contributed by atoms with Gasteiger partial charge in [-0.1, -0.05) is 26.2 Å². The van der Waals surface area contributed by atoms with Crippen molar-refractivity contribution in [3.63, 3.8) is 0 Å². The van der Waals surface area contributed by atoms with Crippen LogP contribution in [-0.2, 0) is 9.84 Å². The molecule has 0 aliphatic heterocycles. The van der Waals surface area contributed by atoms with Crippen LogP contribution in [0.15, 0.2) is 0 Å². The molecule has 0 radical (unpaired) electrons. The Morgan fingerprint density at radius 1 is 1.40 bits per heavy atom. The average molecular weight is 304 g/mol. The summed E-state index contributed by atoms with van der Waals surface area (Å²) in [7, 11) is -1.41. The van der Waals surface area contributed by atoms with E-state index in [1.165, 1.54) is 17.6 Å². The van der Waals surface area contributed by atoms with Crippen molar-refractivity contribution in [1.82, 2.24) is 10.2 Å². The third kappa shape index (κ3) is 5.69. The molecule has 0 heterocycles. The fourth-order valence-electron chi connectivity index (χ4n) is 2.82. The number of sulfone groups is 1. The van der Waals surface area contributed by atoms with E-state index in [9.17, 15) is 13.2 Å². The van der Waals surface area contributed by atoms with Crippen molar-refractivity contribution in [3.05, 3.63) is 0 Å². The van der Waals surface area contributed by atoms with Crippen molar-refractivity contribution >= 4 is 15.9 Å². The van der Waals surface area contributed by atoms with E-state index in [2.05, 4.69) is 12.2 Å². The van der Waals surface area contributed by atoms with Gasteiger partial charge in [0.25, 0.3) is 0 Å². The molecule has 20 heavy (non-hydrogen) atoms. The van der Waals surface area contributed by atoms with Crippen molar-refractivity contribution < 1.29 is 13.2 Å². The molecule has 0 aromatic carbocycles. The van der Waals surface area contributed by atoms with E-state index < -0.39 is 9.84 Å². The molecule has 118 valence electrons. The Morgan fingerprint density at radius 3 is 2.60 bits per heavy atom. The minimum Gasteiger partial charge on any atom is -0.335 e. The van der Waals surface area contributed by atoms with Crippen molar-refractivity contribution in [1.29, 1.82) is 0 Å². The van der Waals surface area contributed by atoms with E-state index in [-0.39, 0.29) is 23.9 Å². The minimum absolute atomic E-state index is 0.000822. The zero-order chi connectivity index (χ0) is 15.3. The molecule has 2 amide bonds. The molecule has 0 saturated heterocycles. The summed E-state index contributed by atoms with van der Waals surface area (Å²) in [5, 5.41) is 3.04. The molecule has 1 aliphatic carbocycles. The van der Waals surface area contributed by atoms with Crippen LogP contribution in [-0.4, -0.2) is 50.5 Å². The summed E-state index contributed by atoms with van der Waals surface area (Å²) in [4.78, 5) is 13.7. The predicted molar refractivity (Wildman–Crippen MR) is 81.5 cm³/mol. The van der Waals surface area contributed by atoms with Crippen molar-refractivity contribution in [2.24, 2.45) is 5.92 Å². The summed E-state index contributed by atoms with van der Waals surface area (Å²) in [6.45, 7) is 3.95. The van der Waals surface area contributed by atoms with E-state index in [1.807, 2.05) is 0 Å². The van der Waals surface area contributed by atoms with Crippen LogP contribution in [0.3, 0.4) is 0 Å². The van der Waals surface area contributed by atoms with Crippen LogP contribution in [0, 0.1) is 5.92 Å². The second-order valence-corrected chi connectivity index (χ2v) is 8.32. The quantitative estimate of drug-likeness (QED) is 0.845. The van der Waals surface area contributed by atoms with E-state index >= 15 is 0 Å². The molecule has 1 N–H and O–H groups in total. The number of urea groups is 1. The first-order chi connectivity index (χ1) is 9.23. The van der Waals surface area contributed by atoms with Gasteiger partial charge < -0.3 is 10.2 Å². The summed E-state index contributed by atoms with van der Waals surface area (Å²) in [5.74, 6) is 0.701. The number of carbonyl (C=O) groups is 1. The van der Waals surface area contributed by atoms with Crippen LogP contribution in [0.5, 0.6) is 0 Å². The lowest BCUT2D eigenvalue weighted by Gasteiger charge is -2.32. The highest BCUT2D eigenvalue weighted by atomic mass is 32.2. The Labute approximate surface area is 123 Å². The molecular formula is C14H28N2O3S. The number of rotatable bonds is 5. The molecule has 0 spiro atoms. The molecule has 6 heteroatoms. The molecular weight excluding hydrogens is 276 g/mol. The van der Waals surface area contributed by atoms with Gasteiger partial charge in [-0.15, -0.1) is 0 Å². The smallest absolute Gasteiger partial charge is 0.317 e.